The van der Waals surface area contributed by atoms with Crippen LogP contribution in [-0.4, -0.2) is 79.5 Å². The lowest BCUT2D eigenvalue weighted by atomic mass is 9.75. The SMILES string of the molecule is CC[C@H]1CC[C@@H](OC(C)=O)CC(=O)C[C@@H](C2CCC(O)C(OC)C2)C#CCNC2CC(CCN2)[C@H](CCO)CC2=C(C=N[CH+]2)C1. The number of piperidine rings is 1. The Morgan fingerprint density at radius 1 is 1.09 bits per heavy atom. The molecule has 9 atom stereocenters. The molecule has 0 amide bonds. The van der Waals surface area contributed by atoms with Crippen molar-refractivity contribution in [1.29, 1.82) is 0 Å². The van der Waals surface area contributed by atoms with Gasteiger partial charge in [-0.15, -0.1) is 4.99 Å². The standard InChI is InChI=1S/C36H56N3O6/c1-4-25-7-9-33(45-24(2)41)21-32(42)18-26(27-8-10-34(43)35(19-27)44-3)6-5-13-38-36-20-28(11-14-39-36)29(12-15-40)17-31-23-37-22-30(31)16-25/h22-23,25-29,33-36,38-40,43H,4,7-21H2,1-3H3/q+1/t25-,26-,27?,28?,29+,33+,34?,35?,36?/m0/s1. The molecule has 0 aromatic rings. The van der Waals surface area contributed by atoms with Gasteiger partial charge in [0.15, 0.2) is 6.21 Å². The van der Waals surface area contributed by atoms with Crippen molar-refractivity contribution in [2.45, 2.75) is 122 Å². The molecule has 0 spiro atoms. The summed E-state index contributed by atoms with van der Waals surface area (Å²) in [7, 11) is 1.63. The number of rotatable bonds is 6. The number of aliphatic hydroxyl groups is 2. The van der Waals surface area contributed by atoms with Crippen molar-refractivity contribution in [2.24, 2.45) is 34.6 Å². The number of nitrogens with zero attached hydrogens (tertiary/aromatic N) is 1. The summed E-state index contributed by atoms with van der Waals surface area (Å²) >= 11 is 0. The smallest absolute Gasteiger partial charge is 0.302 e. The fraction of sp³-hybridized carbons (Fsp3) is 0.778. The maximum absolute atomic E-state index is 13.5. The van der Waals surface area contributed by atoms with Crippen LogP contribution in [0.2, 0.25) is 0 Å². The monoisotopic (exact) mass is 626 g/mol. The van der Waals surface area contributed by atoms with Gasteiger partial charge in [-0.2, -0.15) is 0 Å². The quantitative estimate of drug-likeness (QED) is 0.197. The summed E-state index contributed by atoms with van der Waals surface area (Å²) in [5.41, 5.74) is 2.55. The van der Waals surface area contributed by atoms with Crippen molar-refractivity contribution >= 4 is 18.0 Å². The molecular formula is C36H56N3O6+. The zero-order valence-electron chi connectivity index (χ0n) is 27.6. The Balaban J connectivity index is 1.57. The Morgan fingerprint density at radius 2 is 1.93 bits per heavy atom. The van der Waals surface area contributed by atoms with Crippen LogP contribution in [0, 0.1) is 48.0 Å². The number of allylic oxidation sites excluding steroid dienone is 1. The van der Waals surface area contributed by atoms with Crippen LogP contribution in [0.25, 0.3) is 0 Å². The van der Waals surface area contributed by atoms with Gasteiger partial charge in [-0.3, -0.25) is 14.9 Å². The summed E-state index contributed by atoms with van der Waals surface area (Å²) < 4.78 is 11.3. The molecule has 3 heterocycles. The summed E-state index contributed by atoms with van der Waals surface area (Å²) in [6.07, 6.45) is 10.6. The van der Waals surface area contributed by atoms with E-state index in [2.05, 4.69) is 34.4 Å². The third-order valence-corrected chi connectivity index (χ3v) is 10.6. The number of hydrogen-bond acceptors (Lipinski definition) is 9. The first kappa shape index (κ1) is 35.6. The molecule has 2 bridgehead atoms. The van der Waals surface area contributed by atoms with Crippen molar-refractivity contribution in [3.63, 3.8) is 0 Å². The molecule has 9 heteroatoms. The van der Waals surface area contributed by atoms with Crippen LogP contribution >= 0.6 is 0 Å². The van der Waals surface area contributed by atoms with E-state index in [-0.39, 0.29) is 48.9 Å². The van der Waals surface area contributed by atoms with Crippen LogP contribution in [0.3, 0.4) is 0 Å². The first-order valence-electron chi connectivity index (χ1n) is 17.3. The average Bonchev–Trinajstić information content (AvgIpc) is 3.46. The van der Waals surface area contributed by atoms with Crippen LogP contribution in [0.1, 0.15) is 97.3 Å². The minimum atomic E-state index is -0.496. The predicted octanol–water partition coefficient (Wildman–Crippen LogP) is 4.12. The summed E-state index contributed by atoms with van der Waals surface area (Å²) in [5, 5.41) is 27.6. The molecule has 2 fully saturated rings. The molecule has 1 saturated heterocycles. The van der Waals surface area contributed by atoms with E-state index in [4.69, 9.17) is 9.47 Å². The van der Waals surface area contributed by atoms with Gasteiger partial charge in [0.05, 0.1) is 30.5 Å². The normalized spacial score (nSPS) is 35.5. The number of aliphatic imine (C=N–C) groups is 1. The first-order valence-corrected chi connectivity index (χ1v) is 17.3. The third kappa shape index (κ3) is 10.9. The van der Waals surface area contributed by atoms with Crippen LogP contribution in [0.5, 0.6) is 0 Å². The number of ether oxygens (including phenoxy) is 2. The number of fused-ring (bicyclic) bond motifs is 2. The highest BCUT2D eigenvalue weighted by Crippen LogP contribution is 2.37. The first-order chi connectivity index (χ1) is 21.8. The molecule has 45 heavy (non-hydrogen) atoms. The molecule has 0 aromatic carbocycles. The average molecular weight is 627 g/mol. The van der Waals surface area contributed by atoms with Gasteiger partial charge in [-0.05, 0) is 81.6 Å². The van der Waals surface area contributed by atoms with E-state index in [9.17, 15) is 19.8 Å². The zero-order valence-corrected chi connectivity index (χ0v) is 27.6. The Hall–Kier alpha value is -2.22. The van der Waals surface area contributed by atoms with E-state index < -0.39 is 12.2 Å². The number of esters is 1. The van der Waals surface area contributed by atoms with Crippen molar-refractivity contribution in [3.8, 4) is 11.8 Å². The minimum Gasteiger partial charge on any atom is -0.462 e. The number of carbonyl (C=O) groups is 2. The number of nitrogens with one attached hydrogen (secondary N) is 2. The lowest BCUT2D eigenvalue weighted by Gasteiger charge is -2.35. The molecule has 9 nitrogen and oxygen atoms in total. The Morgan fingerprint density at radius 3 is 2.69 bits per heavy atom. The number of methoxy groups -OCH3 is 1. The number of hydrogen-bond donors (Lipinski definition) is 4. The van der Waals surface area contributed by atoms with Crippen LogP contribution in [0.4, 0.5) is 0 Å². The lowest BCUT2D eigenvalue weighted by Crippen LogP contribution is -2.49. The van der Waals surface area contributed by atoms with Gasteiger partial charge in [0.1, 0.15) is 24.0 Å². The van der Waals surface area contributed by atoms with E-state index in [0.29, 0.717) is 50.0 Å². The van der Waals surface area contributed by atoms with Crippen molar-refractivity contribution in [2.75, 3.05) is 26.8 Å². The molecule has 5 unspecified atom stereocenters. The van der Waals surface area contributed by atoms with E-state index in [1.165, 1.54) is 18.1 Å². The van der Waals surface area contributed by atoms with Crippen molar-refractivity contribution in [3.05, 3.63) is 17.7 Å². The molecule has 4 N–H and O–H groups in total. The summed E-state index contributed by atoms with van der Waals surface area (Å²) in [6.45, 7) is 7.22. The Bertz CT molecular complexity index is 1100. The fourth-order valence-corrected chi connectivity index (χ4v) is 7.89. The maximum atomic E-state index is 13.5. The second-order valence-corrected chi connectivity index (χ2v) is 13.7. The fourth-order valence-electron chi connectivity index (χ4n) is 7.89. The Kier molecular flexibility index (Phi) is 14.4. The van der Waals surface area contributed by atoms with E-state index in [1.54, 1.807) is 7.11 Å². The van der Waals surface area contributed by atoms with Crippen LogP contribution in [-0.2, 0) is 19.1 Å². The van der Waals surface area contributed by atoms with E-state index >= 15 is 0 Å². The molecule has 4 aliphatic rings. The highest BCUT2D eigenvalue weighted by Gasteiger charge is 2.35. The number of Topliss-reactive ketones (excluding diaryl/α,β-unsaturated/α-hetero) is 1. The van der Waals surface area contributed by atoms with Gasteiger partial charge < -0.3 is 25.0 Å². The Labute approximate surface area is 270 Å². The summed E-state index contributed by atoms with van der Waals surface area (Å²) in [6, 6.07) is 0. The lowest BCUT2D eigenvalue weighted by molar-refractivity contribution is -0.148. The van der Waals surface area contributed by atoms with Crippen molar-refractivity contribution < 1.29 is 29.3 Å². The molecule has 1 aliphatic carbocycles. The number of ketones is 1. The third-order valence-electron chi connectivity index (χ3n) is 10.6. The zero-order chi connectivity index (χ0) is 32.2. The molecule has 3 aliphatic heterocycles. The second kappa shape index (κ2) is 18.2. The van der Waals surface area contributed by atoms with Gasteiger partial charge in [-0.1, -0.05) is 25.2 Å². The number of aliphatic hydroxyl groups excluding tert-OH is 2. The predicted molar refractivity (Wildman–Crippen MR) is 175 cm³/mol. The van der Waals surface area contributed by atoms with E-state index in [1.807, 2.05) is 12.8 Å². The van der Waals surface area contributed by atoms with Gasteiger partial charge in [0.25, 0.3) is 0 Å². The largest absolute Gasteiger partial charge is 0.462 e. The van der Waals surface area contributed by atoms with Gasteiger partial charge >= 0.3 is 5.97 Å². The van der Waals surface area contributed by atoms with Gasteiger partial charge in [0, 0.05) is 52.2 Å². The molecule has 0 aromatic heterocycles. The van der Waals surface area contributed by atoms with Crippen LogP contribution < -0.4 is 10.6 Å². The topological polar surface area (TPSA) is 129 Å². The summed E-state index contributed by atoms with van der Waals surface area (Å²) in [5.74, 6) is 7.70. The highest BCUT2D eigenvalue weighted by atomic mass is 16.5. The summed E-state index contributed by atoms with van der Waals surface area (Å²) in [4.78, 5) is 30.1. The van der Waals surface area contributed by atoms with Crippen LogP contribution in [0.15, 0.2) is 16.1 Å². The number of carbonyl (C=O) groups excluding carboxylic acids is 2. The molecule has 4 rings (SSSR count). The highest BCUT2D eigenvalue weighted by molar-refractivity contribution is 5.84. The van der Waals surface area contributed by atoms with E-state index in [0.717, 1.165) is 57.9 Å². The van der Waals surface area contributed by atoms with Gasteiger partial charge in [-0.25, -0.2) is 0 Å². The minimum absolute atomic E-state index is 0.0604. The molecular weight excluding hydrogens is 570 g/mol. The molecule has 0 radical (unpaired) electrons. The second-order valence-electron chi connectivity index (χ2n) is 13.7. The molecule has 250 valence electrons. The van der Waals surface area contributed by atoms with Gasteiger partial charge in [0.2, 0.25) is 0 Å². The molecule has 1 saturated carbocycles. The maximum Gasteiger partial charge on any atom is 0.302 e. The van der Waals surface area contributed by atoms with Crippen molar-refractivity contribution in [1.82, 2.24) is 10.6 Å².